The zero-order valence-corrected chi connectivity index (χ0v) is 10.0. The number of morpholine rings is 1. The predicted octanol–water partition coefficient (Wildman–Crippen LogP) is 2.12. The molecule has 1 aliphatic rings. The first-order chi connectivity index (χ1) is 8.36. The molecule has 88 valence electrons. The van der Waals surface area contributed by atoms with Crippen molar-refractivity contribution in [2.45, 2.75) is 0 Å². The summed E-state index contributed by atoms with van der Waals surface area (Å²) in [5.41, 5.74) is 2.02. The van der Waals surface area contributed by atoms with Crippen LogP contribution >= 0.6 is 11.6 Å². The van der Waals surface area contributed by atoms with E-state index < -0.39 is 0 Å². The Balaban J connectivity index is 2.12. The summed E-state index contributed by atoms with van der Waals surface area (Å²) in [6, 6.07) is 6.00. The van der Waals surface area contributed by atoms with Gasteiger partial charge in [0.2, 0.25) is 0 Å². The van der Waals surface area contributed by atoms with E-state index in [0.717, 1.165) is 42.9 Å². The lowest BCUT2D eigenvalue weighted by Gasteiger charge is -2.29. The van der Waals surface area contributed by atoms with E-state index in [1.807, 2.05) is 12.1 Å². The lowest BCUT2D eigenvalue weighted by atomic mass is 10.2. The van der Waals surface area contributed by atoms with Crippen molar-refractivity contribution in [2.75, 3.05) is 31.2 Å². The summed E-state index contributed by atoms with van der Waals surface area (Å²) in [6.07, 6.45) is 1.51. The van der Waals surface area contributed by atoms with E-state index >= 15 is 0 Å². The third-order valence-electron chi connectivity index (χ3n) is 2.95. The first kappa shape index (κ1) is 10.7. The first-order valence-electron chi connectivity index (χ1n) is 5.58. The van der Waals surface area contributed by atoms with Crippen LogP contribution in [0.2, 0.25) is 5.15 Å². The first-order valence-corrected chi connectivity index (χ1v) is 5.96. The maximum absolute atomic E-state index is 6.07. The topological polar surface area (TPSA) is 38.2 Å². The van der Waals surface area contributed by atoms with Crippen LogP contribution in [0.4, 0.5) is 5.69 Å². The standard InChI is InChI=1S/C12H12ClN3O/c13-12-9-2-1-3-10(11(9)14-8-15-12)16-4-6-17-7-5-16/h1-3,8H,4-7H2. The Morgan fingerprint density at radius 1 is 1.18 bits per heavy atom. The van der Waals surface area contributed by atoms with Gasteiger partial charge in [-0.05, 0) is 12.1 Å². The van der Waals surface area contributed by atoms with Crippen LogP contribution in [0, 0.1) is 0 Å². The average molecular weight is 250 g/mol. The molecule has 1 saturated heterocycles. The summed E-state index contributed by atoms with van der Waals surface area (Å²) in [5, 5.41) is 1.41. The van der Waals surface area contributed by atoms with Crippen LogP contribution in [0.5, 0.6) is 0 Å². The van der Waals surface area contributed by atoms with Crippen LogP contribution < -0.4 is 4.90 Å². The molecule has 2 aromatic rings. The van der Waals surface area contributed by atoms with Gasteiger partial charge >= 0.3 is 0 Å². The number of hydrogen-bond donors (Lipinski definition) is 0. The van der Waals surface area contributed by atoms with Gasteiger partial charge in [0.1, 0.15) is 11.5 Å². The van der Waals surface area contributed by atoms with Gasteiger partial charge in [-0.3, -0.25) is 0 Å². The third-order valence-corrected chi connectivity index (χ3v) is 3.25. The third kappa shape index (κ3) is 1.94. The van der Waals surface area contributed by atoms with Crippen LogP contribution in [0.15, 0.2) is 24.5 Å². The molecule has 1 aliphatic heterocycles. The van der Waals surface area contributed by atoms with Gasteiger partial charge in [0, 0.05) is 18.5 Å². The second kappa shape index (κ2) is 4.47. The molecule has 0 unspecified atom stereocenters. The summed E-state index contributed by atoms with van der Waals surface area (Å²) in [6.45, 7) is 3.30. The Morgan fingerprint density at radius 3 is 2.82 bits per heavy atom. The summed E-state index contributed by atoms with van der Waals surface area (Å²) in [5.74, 6) is 0. The molecule has 2 heterocycles. The van der Waals surface area contributed by atoms with Crippen molar-refractivity contribution in [3.63, 3.8) is 0 Å². The highest BCUT2D eigenvalue weighted by atomic mass is 35.5. The molecule has 17 heavy (non-hydrogen) atoms. The molecular weight excluding hydrogens is 238 g/mol. The molecule has 3 rings (SSSR count). The van der Waals surface area contributed by atoms with Crippen LogP contribution in [0.1, 0.15) is 0 Å². The number of ether oxygens (including phenoxy) is 1. The van der Waals surface area contributed by atoms with Gasteiger partial charge in [-0.2, -0.15) is 0 Å². The van der Waals surface area contributed by atoms with Crippen molar-refractivity contribution in [3.05, 3.63) is 29.7 Å². The number of nitrogens with zero attached hydrogens (tertiary/aromatic N) is 3. The molecular formula is C12H12ClN3O. The monoisotopic (exact) mass is 249 g/mol. The fourth-order valence-corrected chi connectivity index (χ4v) is 2.30. The molecule has 0 aliphatic carbocycles. The molecule has 0 bridgehead atoms. The highest BCUT2D eigenvalue weighted by Crippen LogP contribution is 2.28. The van der Waals surface area contributed by atoms with Crippen molar-refractivity contribution < 1.29 is 4.74 Å². The highest BCUT2D eigenvalue weighted by molar-refractivity contribution is 6.34. The molecule has 0 amide bonds. The molecule has 0 N–H and O–H groups in total. The minimum atomic E-state index is 0.505. The predicted molar refractivity (Wildman–Crippen MR) is 67.6 cm³/mol. The van der Waals surface area contributed by atoms with Gasteiger partial charge in [0.05, 0.1) is 24.4 Å². The second-order valence-corrected chi connectivity index (χ2v) is 4.30. The Morgan fingerprint density at radius 2 is 2.00 bits per heavy atom. The van der Waals surface area contributed by atoms with Crippen LogP contribution in [-0.2, 0) is 4.74 Å². The number of hydrogen-bond acceptors (Lipinski definition) is 4. The minimum absolute atomic E-state index is 0.505. The minimum Gasteiger partial charge on any atom is -0.378 e. The van der Waals surface area contributed by atoms with E-state index in [1.54, 1.807) is 0 Å². The Kier molecular flexibility index (Phi) is 2.82. The number of rotatable bonds is 1. The lowest BCUT2D eigenvalue weighted by Crippen LogP contribution is -2.36. The van der Waals surface area contributed by atoms with Gasteiger partial charge in [0.25, 0.3) is 0 Å². The van der Waals surface area contributed by atoms with Gasteiger partial charge in [-0.1, -0.05) is 17.7 Å². The molecule has 4 nitrogen and oxygen atoms in total. The van der Waals surface area contributed by atoms with Crippen molar-refractivity contribution in [1.82, 2.24) is 9.97 Å². The van der Waals surface area contributed by atoms with Crippen LogP contribution in [0.3, 0.4) is 0 Å². The van der Waals surface area contributed by atoms with Gasteiger partial charge < -0.3 is 9.64 Å². The Labute approximate surface area is 104 Å². The number of benzene rings is 1. The average Bonchev–Trinajstić information content (AvgIpc) is 2.40. The number of para-hydroxylation sites is 1. The maximum atomic E-state index is 6.07. The van der Waals surface area contributed by atoms with E-state index in [0.29, 0.717) is 5.15 Å². The largest absolute Gasteiger partial charge is 0.378 e. The molecule has 1 fully saturated rings. The van der Waals surface area contributed by atoms with Crippen molar-refractivity contribution >= 4 is 28.2 Å². The van der Waals surface area contributed by atoms with Gasteiger partial charge in [-0.15, -0.1) is 0 Å². The van der Waals surface area contributed by atoms with E-state index in [9.17, 15) is 0 Å². The van der Waals surface area contributed by atoms with E-state index in [-0.39, 0.29) is 0 Å². The molecule has 1 aromatic heterocycles. The van der Waals surface area contributed by atoms with Crippen LogP contribution in [0.25, 0.3) is 10.9 Å². The summed E-state index contributed by atoms with van der Waals surface area (Å²) in [7, 11) is 0. The molecule has 0 spiro atoms. The highest BCUT2D eigenvalue weighted by Gasteiger charge is 2.15. The van der Waals surface area contributed by atoms with Crippen molar-refractivity contribution in [2.24, 2.45) is 0 Å². The Hall–Kier alpha value is -1.39. The number of anilines is 1. The van der Waals surface area contributed by atoms with Gasteiger partial charge in [-0.25, -0.2) is 9.97 Å². The molecule has 0 radical (unpaired) electrons. The fourth-order valence-electron chi connectivity index (χ4n) is 2.10. The van der Waals surface area contributed by atoms with Gasteiger partial charge in [0.15, 0.2) is 0 Å². The molecule has 5 heteroatoms. The Bertz CT molecular complexity index is 540. The summed E-state index contributed by atoms with van der Waals surface area (Å²) in [4.78, 5) is 10.6. The number of aromatic nitrogens is 2. The maximum Gasteiger partial charge on any atom is 0.140 e. The zero-order valence-electron chi connectivity index (χ0n) is 9.27. The molecule has 0 saturated carbocycles. The van der Waals surface area contributed by atoms with E-state index in [1.165, 1.54) is 6.33 Å². The lowest BCUT2D eigenvalue weighted by molar-refractivity contribution is 0.123. The molecule has 1 aromatic carbocycles. The summed E-state index contributed by atoms with van der Waals surface area (Å²) < 4.78 is 5.36. The number of fused-ring (bicyclic) bond motifs is 1. The summed E-state index contributed by atoms with van der Waals surface area (Å²) >= 11 is 6.07. The van der Waals surface area contributed by atoms with E-state index in [4.69, 9.17) is 16.3 Å². The van der Waals surface area contributed by atoms with E-state index in [2.05, 4.69) is 20.9 Å². The molecule has 0 atom stereocenters. The number of halogens is 1. The quantitative estimate of drug-likeness (QED) is 0.726. The second-order valence-electron chi connectivity index (χ2n) is 3.94. The fraction of sp³-hybridized carbons (Fsp3) is 0.333. The SMILES string of the molecule is Clc1ncnc2c(N3CCOCC3)cccc12. The van der Waals surface area contributed by atoms with Crippen LogP contribution in [-0.4, -0.2) is 36.3 Å². The van der Waals surface area contributed by atoms with Crippen molar-refractivity contribution in [3.8, 4) is 0 Å². The zero-order chi connectivity index (χ0) is 11.7. The van der Waals surface area contributed by atoms with Crippen molar-refractivity contribution in [1.29, 1.82) is 0 Å². The smallest absolute Gasteiger partial charge is 0.140 e. The normalized spacial score (nSPS) is 16.4.